The summed E-state index contributed by atoms with van der Waals surface area (Å²) >= 11 is 3.04. The molecule has 0 aromatic heterocycles. The van der Waals surface area contributed by atoms with Crippen molar-refractivity contribution in [1.82, 2.24) is 0 Å². The number of rotatable bonds is 4. The van der Waals surface area contributed by atoms with E-state index in [1.54, 1.807) is 6.92 Å². The third-order valence-electron chi connectivity index (χ3n) is 2.30. The number of ketones is 1. The fourth-order valence-corrected chi connectivity index (χ4v) is 1.62. The molecule has 0 N–H and O–H groups in total. The third kappa shape index (κ3) is 2.66. The van der Waals surface area contributed by atoms with Gasteiger partial charge in [-0.3, -0.25) is 4.79 Å². The van der Waals surface area contributed by atoms with Gasteiger partial charge < -0.3 is 4.74 Å². The quantitative estimate of drug-likeness (QED) is 0.620. The van der Waals surface area contributed by atoms with E-state index in [1.807, 2.05) is 0 Å². The lowest BCUT2D eigenvalue weighted by molar-refractivity contribution is -0.0959. The van der Waals surface area contributed by atoms with Crippen LogP contribution >= 0.6 is 15.9 Å². The summed E-state index contributed by atoms with van der Waals surface area (Å²) in [5.41, 5.74) is 0.0454. The molecule has 18 heavy (non-hydrogen) atoms. The first-order valence-corrected chi connectivity index (χ1v) is 5.56. The lowest BCUT2D eigenvalue weighted by Crippen LogP contribution is -2.36. The van der Waals surface area contributed by atoms with Crippen LogP contribution in [0.25, 0.3) is 0 Å². The van der Waals surface area contributed by atoms with Crippen LogP contribution in [0.3, 0.4) is 0 Å². The van der Waals surface area contributed by atoms with Crippen LogP contribution < -0.4 is 4.74 Å². The van der Waals surface area contributed by atoms with Gasteiger partial charge in [0.05, 0.1) is 12.7 Å². The van der Waals surface area contributed by atoms with Gasteiger partial charge in [-0.25, -0.2) is 8.78 Å². The number of Topliss-reactive ketones (excluding diaryl/α,β-unsaturated/α-hetero) is 1. The van der Waals surface area contributed by atoms with E-state index < -0.39 is 23.7 Å². The number of aryl methyl sites for hydroxylation is 1. The van der Waals surface area contributed by atoms with Gasteiger partial charge in [0.15, 0.2) is 0 Å². The van der Waals surface area contributed by atoms with Crippen molar-refractivity contribution in [1.29, 1.82) is 0 Å². The summed E-state index contributed by atoms with van der Waals surface area (Å²) in [6, 6.07) is 2.37. The average Bonchev–Trinajstić information content (AvgIpc) is 2.30. The number of benzene rings is 1. The Kier molecular flexibility index (Phi) is 4.37. The highest BCUT2D eigenvalue weighted by Crippen LogP contribution is 2.34. The molecule has 0 saturated heterocycles. The van der Waals surface area contributed by atoms with Crippen molar-refractivity contribution in [3.05, 3.63) is 27.7 Å². The maximum absolute atomic E-state index is 13.0. The molecule has 1 aromatic rings. The van der Waals surface area contributed by atoms with Gasteiger partial charge in [0, 0.05) is 4.47 Å². The Balaban J connectivity index is 3.33. The van der Waals surface area contributed by atoms with Crippen LogP contribution in [0.15, 0.2) is 16.6 Å². The van der Waals surface area contributed by atoms with Crippen molar-refractivity contribution in [3.63, 3.8) is 0 Å². The van der Waals surface area contributed by atoms with Gasteiger partial charge in [0.1, 0.15) is 5.75 Å². The molecule has 0 aliphatic carbocycles. The number of ether oxygens (including phenoxy) is 1. The van der Waals surface area contributed by atoms with Crippen molar-refractivity contribution in [2.75, 3.05) is 7.11 Å². The normalized spacial score (nSPS) is 11.8. The predicted octanol–water partition coefficient (Wildman–Crippen LogP) is 3.85. The van der Waals surface area contributed by atoms with Gasteiger partial charge in [0.25, 0.3) is 0 Å². The Morgan fingerprint density at radius 1 is 1.39 bits per heavy atom. The smallest absolute Gasteiger partial charge is 0.369 e. The molecule has 0 heterocycles. The van der Waals surface area contributed by atoms with Crippen LogP contribution in [0.4, 0.5) is 17.6 Å². The maximum atomic E-state index is 13.0. The zero-order valence-electron chi connectivity index (χ0n) is 9.44. The second-order valence-corrected chi connectivity index (χ2v) is 4.41. The Hall–Kier alpha value is -1.11. The molecule has 0 spiro atoms. The maximum Gasteiger partial charge on any atom is 0.369 e. The summed E-state index contributed by atoms with van der Waals surface area (Å²) in [5, 5.41) is 0. The van der Waals surface area contributed by atoms with Crippen molar-refractivity contribution in [2.45, 2.75) is 19.3 Å². The van der Waals surface area contributed by atoms with Gasteiger partial charge in [0.2, 0.25) is 5.78 Å². The van der Waals surface area contributed by atoms with E-state index in [0.717, 1.165) is 6.07 Å². The Morgan fingerprint density at radius 3 is 2.39 bits per heavy atom. The molecular weight excluding hydrogens is 320 g/mol. The molecule has 0 aliphatic rings. The monoisotopic (exact) mass is 328 g/mol. The highest BCUT2D eigenvalue weighted by Gasteiger charge is 2.50. The molecule has 0 bridgehead atoms. The molecule has 1 rings (SSSR count). The highest BCUT2D eigenvalue weighted by atomic mass is 79.9. The second kappa shape index (κ2) is 5.26. The van der Waals surface area contributed by atoms with Crippen molar-refractivity contribution in [2.24, 2.45) is 0 Å². The van der Waals surface area contributed by atoms with Crippen LogP contribution in [0.1, 0.15) is 15.9 Å². The molecule has 0 atom stereocenters. The molecule has 0 fully saturated rings. The van der Waals surface area contributed by atoms with Crippen LogP contribution in [0.2, 0.25) is 0 Å². The van der Waals surface area contributed by atoms with Gasteiger partial charge in [-0.2, -0.15) is 8.78 Å². The van der Waals surface area contributed by atoms with E-state index in [1.165, 1.54) is 13.2 Å². The van der Waals surface area contributed by atoms with E-state index in [4.69, 9.17) is 4.74 Å². The van der Waals surface area contributed by atoms with Crippen molar-refractivity contribution >= 4 is 21.7 Å². The van der Waals surface area contributed by atoms with Crippen LogP contribution in [0, 0.1) is 6.92 Å². The van der Waals surface area contributed by atoms with E-state index in [0.29, 0.717) is 10.0 Å². The Labute approximate surface area is 109 Å². The molecule has 1 aromatic carbocycles. The second-order valence-electron chi connectivity index (χ2n) is 3.55. The standard InChI is InChI=1S/C11H9BrF4O2/c1-5-3-8(18-2)6(4-7(5)12)9(17)11(15,16)10(13)14/h3-4,10H,1-2H3. The molecule has 0 saturated carbocycles. The highest BCUT2D eigenvalue weighted by molar-refractivity contribution is 9.10. The SMILES string of the molecule is COc1cc(C)c(Br)cc1C(=O)C(F)(F)C(F)F. The largest absolute Gasteiger partial charge is 0.496 e. The van der Waals surface area contributed by atoms with Crippen LogP contribution in [-0.4, -0.2) is 25.2 Å². The molecule has 7 heteroatoms. The zero-order valence-corrected chi connectivity index (χ0v) is 11.0. The lowest BCUT2D eigenvalue weighted by atomic mass is 10.0. The van der Waals surface area contributed by atoms with Crippen LogP contribution in [0.5, 0.6) is 5.75 Å². The van der Waals surface area contributed by atoms with Crippen LogP contribution in [-0.2, 0) is 0 Å². The Morgan fingerprint density at radius 2 is 1.94 bits per heavy atom. The lowest BCUT2D eigenvalue weighted by Gasteiger charge is -2.16. The van der Waals surface area contributed by atoms with E-state index in [9.17, 15) is 22.4 Å². The minimum absolute atomic E-state index is 0.166. The molecule has 0 amide bonds. The molecule has 0 radical (unpaired) electrons. The van der Waals surface area contributed by atoms with E-state index in [-0.39, 0.29) is 5.75 Å². The summed E-state index contributed by atoms with van der Waals surface area (Å²) in [5.74, 6) is -6.86. The first-order chi connectivity index (χ1) is 8.21. The number of halogens is 5. The fourth-order valence-electron chi connectivity index (χ4n) is 1.28. The minimum Gasteiger partial charge on any atom is -0.496 e. The number of hydrogen-bond donors (Lipinski definition) is 0. The molecule has 100 valence electrons. The number of hydrogen-bond acceptors (Lipinski definition) is 2. The number of methoxy groups -OCH3 is 1. The predicted molar refractivity (Wildman–Crippen MR) is 60.7 cm³/mol. The van der Waals surface area contributed by atoms with Gasteiger partial charge in [-0.1, -0.05) is 15.9 Å². The Bertz CT molecular complexity index is 474. The summed E-state index contributed by atoms with van der Waals surface area (Å²) in [7, 11) is 1.17. The molecular formula is C11H9BrF4O2. The van der Waals surface area contributed by atoms with E-state index >= 15 is 0 Å². The third-order valence-corrected chi connectivity index (χ3v) is 3.16. The fraction of sp³-hybridized carbons (Fsp3) is 0.364. The summed E-state index contributed by atoms with van der Waals surface area (Å²) in [6.07, 6.45) is -4.06. The van der Waals surface area contributed by atoms with Gasteiger partial charge in [-0.05, 0) is 24.6 Å². The van der Waals surface area contributed by atoms with Gasteiger partial charge >= 0.3 is 12.3 Å². The number of alkyl halides is 4. The topological polar surface area (TPSA) is 26.3 Å². The number of carbonyl (C=O) groups is 1. The van der Waals surface area contributed by atoms with Gasteiger partial charge in [-0.15, -0.1) is 0 Å². The minimum atomic E-state index is -4.73. The molecule has 2 nitrogen and oxygen atoms in total. The van der Waals surface area contributed by atoms with Crippen molar-refractivity contribution in [3.8, 4) is 5.75 Å². The van der Waals surface area contributed by atoms with E-state index in [2.05, 4.69) is 15.9 Å². The summed E-state index contributed by atoms with van der Waals surface area (Å²) in [6.45, 7) is 1.64. The molecule has 0 aliphatic heterocycles. The zero-order chi connectivity index (χ0) is 14.1. The molecule has 0 unspecified atom stereocenters. The summed E-state index contributed by atoms with van der Waals surface area (Å²) in [4.78, 5) is 11.4. The first kappa shape index (κ1) is 14.9. The average molecular weight is 329 g/mol. The summed E-state index contributed by atoms with van der Waals surface area (Å²) < 4.78 is 55.4. The number of carbonyl (C=O) groups excluding carboxylic acids is 1. The van der Waals surface area contributed by atoms with Crippen molar-refractivity contribution < 1.29 is 27.1 Å². The first-order valence-electron chi connectivity index (χ1n) is 4.76.